The van der Waals surface area contributed by atoms with E-state index in [1.54, 1.807) is 31.4 Å². The van der Waals surface area contributed by atoms with Gasteiger partial charge in [-0.05, 0) is 67.3 Å². The largest absolute Gasteiger partial charge is 0.497 e. The maximum Gasteiger partial charge on any atom is 0.240 e. The lowest BCUT2D eigenvalue weighted by Gasteiger charge is -2.33. The standard InChI is InChI=1S/C22H28N2O5S/c1-27-19-5-7-20(8-6-19)30(25,26)23-14-18-3-2-10-24(16-18)15-17-4-9-21-22(13-17)29-12-11-28-21/h4-9,13,18,23H,2-3,10-12,14-16H2,1H3. The van der Waals surface area contributed by atoms with Gasteiger partial charge in [-0.2, -0.15) is 0 Å². The smallest absolute Gasteiger partial charge is 0.240 e. The van der Waals surface area contributed by atoms with E-state index in [1.807, 2.05) is 12.1 Å². The summed E-state index contributed by atoms with van der Waals surface area (Å²) < 4.78 is 44.3. The van der Waals surface area contributed by atoms with Crippen LogP contribution in [0.3, 0.4) is 0 Å². The van der Waals surface area contributed by atoms with Gasteiger partial charge in [-0.25, -0.2) is 13.1 Å². The topological polar surface area (TPSA) is 77.1 Å². The summed E-state index contributed by atoms with van der Waals surface area (Å²) in [6, 6.07) is 12.5. The van der Waals surface area contributed by atoms with E-state index in [0.29, 0.717) is 25.5 Å². The van der Waals surface area contributed by atoms with Crippen LogP contribution in [0.1, 0.15) is 18.4 Å². The summed E-state index contributed by atoms with van der Waals surface area (Å²) in [5, 5.41) is 0. The molecule has 0 aliphatic carbocycles. The lowest BCUT2D eigenvalue weighted by Crippen LogP contribution is -2.40. The highest BCUT2D eigenvalue weighted by Crippen LogP contribution is 2.31. The quantitative estimate of drug-likeness (QED) is 0.725. The summed E-state index contributed by atoms with van der Waals surface area (Å²) in [6.45, 7) is 4.29. The Morgan fingerprint density at radius 2 is 1.87 bits per heavy atom. The summed E-state index contributed by atoms with van der Waals surface area (Å²) in [6.07, 6.45) is 2.07. The molecule has 0 spiro atoms. The first-order chi connectivity index (χ1) is 14.5. The summed E-state index contributed by atoms with van der Waals surface area (Å²) in [5.74, 6) is 2.52. The fourth-order valence-corrected chi connectivity index (χ4v) is 5.09. The van der Waals surface area contributed by atoms with Crippen molar-refractivity contribution in [3.8, 4) is 17.2 Å². The number of nitrogens with one attached hydrogen (secondary N) is 1. The molecular weight excluding hydrogens is 404 g/mol. The maximum atomic E-state index is 12.6. The second-order valence-electron chi connectivity index (χ2n) is 7.75. The molecule has 2 aromatic rings. The van der Waals surface area contributed by atoms with E-state index in [0.717, 1.165) is 44.0 Å². The molecule has 2 heterocycles. The Morgan fingerprint density at radius 1 is 1.10 bits per heavy atom. The molecule has 7 nitrogen and oxygen atoms in total. The second-order valence-corrected chi connectivity index (χ2v) is 9.52. The molecule has 8 heteroatoms. The van der Waals surface area contributed by atoms with Crippen LogP contribution >= 0.6 is 0 Å². The van der Waals surface area contributed by atoms with Crippen LogP contribution in [0.2, 0.25) is 0 Å². The molecule has 1 saturated heterocycles. The summed E-state index contributed by atoms with van der Waals surface area (Å²) in [7, 11) is -1.97. The molecule has 162 valence electrons. The molecule has 4 rings (SSSR count). The Labute approximate surface area is 178 Å². The van der Waals surface area contributed by atoms with Gasteiger partial charge in [-0.1, -0.05) is 6.07 Å². The van der Waals surface area contributed by atoms with E-state index in [9.17, 15) is 8.42 Å². The molecular formula is C22H28N2O5S. The van der Waals surface area contributed by atoms with Crippen LogP contribution in [-0.2, 0) is 16.6 Å². The maximum absolute atomic E-state index is 12.6. The molecule has 0 radical (unpaired) electrons. The highest BCUT2D eigenvalue weighted by molar-refractivity contribution is 7.89. The van der Waals surface area contributed by atoms with E-state index in [4.69, 9.17) is 14.2 Å². The zero-order valence-electron chi connectivity index (χ0n) is 17.2. The van der Waals surface area contributed by atoms with Crippen molar-refractivity contribution in [2.45, 2.75) is 24.3 Å². The second kappa shape index (κ2) is 9.24. The van der Waals surface area contributed by atoms with Crippen LogP contribution in [0.5, 0.6) is 17.2 Å². The van der Waals surface area contributed by atoms with E-state index < -0.39 is 10.0 Å². The third-order valence-corrected chi connectivity index (χ3v) is 6.99. The SMILES string of the molecule is COc1ccc(S(=O)(=O)NCC2CCCN(Cc3ccc4c(c3)OCCO4)C2)cc1. The zero-order chi connectivity index (χ0) is 21.0. The Bertz CT molecular complexity index is 962. The molecule has 0 amide bonds. The van der Waals surface area contributed by atoms with Gasteiger partial charge in [0.05, 0.1) is 12.0 Å². The van der Waals surface area contributed by atoms with Crippen molar-refractivity contribution < 1.29 is 22.6 Å². The van der Waals surface area contributed by atoms with Gasteiger partial charge in [0.15, 0.2) is 11.5 Å². The van der Waals surface area contributed by atoms with Gasteiger partial charge in [0.25, 0.3) is 0 Å². The molecule has 1 unspecified atom stereocenters. The van der Waals surface area contributed by atoms with Crippen LogP contribution in [0.4, 0.5) is 0 Å². The van der Waals surface area contributed by atoms with Crippen LogP contribution in [0, 0.1) is 5.92 Å². The predicted octanol–water partition coefficient (Wildman–Crippen LogP) is 2.66. The Hall–Kier alpha value is -2.29. The number of rotatable bonds is 7. The number of sulfonamides is 1. The number of ether oxygens (including phenoxy) is 3. The third kappa shape index (κ3) is 5.06. The van der Waals surface area contributed by atoms with Crippen molar-refractivity contribution in [2.24, 2.45) is 5.92 Å². The minimum atomic E-state index is -3.53. The molecule has 0 saturated carbocycles. The van der Waals surface area contributed by atoms with Crippen LogP contribution < -0.4 is 18.9 Å². The Morgan fingerprint density at radius 3 is 2.63 bits per heavy atom. The number of hydrogen-bond donors (Lipinski definition) is 1. The first-order valence-electron chi connectivity index (χ1n) is 10.3. The molecule has 0 aromatic heterocycles. The molecule has 1 N–H and O–H groups in total. The number of fused-ring (bicyclic) bond motifs is 1. The summed E-state index contributed by atoms with van der Waals surface area (Å²) in [4.78, 5) is 2.63. The minimum Gasteiger partial charge on any atom is -0.497 e. The lowest BCUT2D eigenvalue weighted by molar-refractivity contribution is 0.164. The van der Waals surface area contributed by atoms with E-state index >= 15 is 0 Å². The normalized spacial score (nSPS) is 19.4. The number of nitrogens with zero attached hydrogens (tertiary/aromatic N) is 1. The monoisotopic (exact) mass is 432 g/mol. The third-order valence-electron chi connectivity index (χ3n) is 5.55. The van der Waals surface area contributed by atoms with Gasteiger partial charge in [0, 0.05) is 19.6 Å². The highest BCUT2D eigenvalue weighted by atomic mass is 32.2. The van der Waals surface area contributed by atoms with Gasteiger partial charge in [0.2, 0.25) is 10.0 Å². The van der Waals surface area contributed by atoms with Crippen molar-refractivity contribution in [2.75, 3.05) is 40.0 Å². The van der Waals surface area contributed by atoms with Gasteiger partial charge >= 0.3 is 0 Å². The van der Waals surface area contributed by atoms with Crippen LogP contribution in [-0.4, -0.2) is 53.3 Å². The van der Waals surface area contributed by atoms with Crippen LogP contribution in [0.15, 0.2) is 47.4 Å². The zero-order valence-corrected chi connectivity index (χ0v) is 18.0. The number of benzene rings is 2. The average Bonchev–Trinajstić information content (AvgIpc) is 2.78. The van der Waals surface area contributed by atoms with Crippen molar-refractivity contribution in [1.29, 1.82) is 0 Å². The first kappa shape index (κ1) is 21.0. The predicted molar refractivity (Wildman–Crippen MR) is 114 cm³/mol. The van der Waals surface area contributed by atoms with Gasteiger partial charge in [-0.15, -0.1) is 0 Å². The van der Waals surface area contributed by atoms with Crippen molar-refractivity contribution in [3.05, 3.63) is 48.0 Å². The fraction of sp³-hybridized carbons (Fsp3) is 0.455. The number of likely N-dealkylation sites (tertiary alicyclic amines) is 1. The van der Waals surface area contributed by atoms with Gasteiger partial charge < -0.3 is 14.2 Å². The van der Waals surface area contributed by atoms with Crippen molar-refractivity contribution >= 4 is 10.0 Å². The highest BCUT2D eigenvalue weighted by Gasteiger charge is 2.23. The molecule has 2 aliphatic rings. The molecule has 0 bridgehead atoms. The van der Waals surface area contributed by atoms with E-state index in [2.05, 4.69) is 15.7 Å². The molecule has 2 aromatic carbocycles. The Balaban J connectivity index is 1.32. The Kier molecular flexibility index (Phi) is 6.46. The molecule has 2 aliphatic heterocycles. The summed E-state index contributed by atoms with van der Waals surface area (Å²) >= 11 is 0. The van der Waals surface area contributed by atoms with E-state index in [1.165, 1.54) is 5.56 Å². The van der Waals surface area contributed by atoms with Gasteiger partial charge in [0.1, 0.15) is 19.0 Å². The van der Waals surface area contributed by atoms with Crippen LogP contribution in [0.25, 0.3) is 0 Å². The minimum absolute atomic E-state index is 0.257. The first-order valence-corrected chi connectivity index (χ1v) is 11.8. The van der Waals surface area contributed by atoms with E-state index in [-0.39, 0.29) is 10.8 Å². The average molecular weight is 433 g/mol. The fourth-order valence-electron chi connectivity index (χ4n) is 3.97. The van der Waals surface area contributed by atoms with Crippen molar-refractivity contribution in [1.82, 2.24) is 9.62 Å². The van der Waals surface area contributed by atoms with Crippen molar-refractivity contribution in [3.63, 3.8) is 0 Å². The molecule has 1 fully saturated rings. The number of methoxy groups -OCH3 is 1. The lowest BCUT2D eigenvalue weighted by atomic mass is 9.98. The number of hydrogen-bond acceptors (Lipinski definition) is 6. The molecule has 1 atom stereocenters. The number of piperidine rings is 1. The van der Waals surface area contributed by atoms with Gasteiger partial charge in [-0.3, -0.25) is 4.90 Å². The molecule has 30 heavy (non-hydrogen) atoms. The summed E-state index contributed by atoms with van der Waals surface area (Å²) in [5.41, 5.74) is 1.18.